The zero-order valence-electron chi connectivity index (χ0n) is 6.34. The molecule has 0 bridgehead atoms. The van der Waals surface area contributed by atoms with Crippen molar-refractivity contribution in [1.82, 2.24) is 10.2 Å². The summed E-state index contributed by atoms with van der Waals surface area (Å²) in [6.07, 6.45) is 0.507. The highest BCUT2D eigenvalue weighted by molar-refractivity contribution is 5.78. The van der Waals surface area contributed by atoms with Gasteiger partial charge in [-0.1, -0.05) is 0 Å². The molecule has 1 saturated heterocycles. The number of carbonyl (C=O) groups excluding carboxylic acids is 1. The Kier molecular flexibility index (Phi) is 2.87. The molecule has 0 aromatic rings. The topological polar surface area (TPSA) is 56.1 Å². The van der Waals surface area contributed by atoms with Crippen molar-refractivity contribution in [3.05, 3.63) is 0 Å². The Hall–Kier alpha value is -1.08. The van der Waals surface area contributed by atoms with Gasteiger partial charge in [0.1, 0.15) is 0 Å². The van der Waals surface area contributed by atoms with Gasteiger partial charge in [-0.3, -0.25) is 9.69 Å². The van der Waals surface area contributed by atoms with Crippen LogP contribution in [0.5, 0.6) is 0 Å². The van der Waals surface area contributed by atoms with Crippen molar-refractivity contribution >= 4 is 5.91 Å². The lowest BCUT2D eigenvalue weighted by Gasteiger charge is -2.25. The fourth-order valence-corrected chi connectivity index (χ4v) is 1.09. The maximum absolute atomic E-state index is 10.8. The minimum atomic E-state index is 0.0641. The van der Waals surface area contributed by atoms with E-state index in [0.29, 0.717) is 26.1 Å². The van der Waals surface area contributed by atoms with Gasteiger partial charge in [0.25, 0.3) is 0 Å². The van der Waals surface area contributed by atoms with Crippen molar-refractivity contribution in [2.45, 2.75) is 6.42 Å². The molecular formula is C7H11N3O. The molecule has 0 aromatic heterocycles. The summed E-state index contributed by atoms with van der Waals surface area (Å²) in [5.41, 5.74) is 0. The van der Waals surface area contributed by atoms with Crippen molar-refractivity contribution < 1.29 is 4.79 Å². The average molecular weight is 153 g/mol. The van der Waals surface area contributed by atoms with E-state index >= 15 is 0 Å². The van der Waals surface area contributed by atoms with Crippen LogP contribution in [0.4, 0.5) is 0 Å². The van der Waals surface area contributed by atoms with Gasteiger partial charge in [0.2, 0.25) is 5.91 Å². The Bertz CT molecular complexity index is 185. The van der Waals surface area contributed by atoms with Crippen molar-refractivity contribution in [2.75, 3.05) is 26.2 Å². The molecule has 0 aliphatic carbocycles. The normalized spacial score (nSPS) is 19.0. The number of amides is 1. The summed E-state index contributed by atoms with van der Waals surface area (Å²) in [6, 6.07) is 2.06. The third kappa shape index (κ3) is 2.56. The van der Waals surface area contributed by atoms with Gasteiger partial charge in [-0.15, -0.1) is 0 Å². The number of carbonyl (C=O) groups is 1. The zero-order chi connectivity index (χ0) is 8.10. The van der Waals surface area contributed by atoms with E-state index in [1.165, 1.54) is 0 Å². The van der Waals surface area contributed by atoms with E-state index in [1.54, 1.807) is 0 Å². The summed E-state index contributed by atoms with van der Waals surface area (Å²) in [5, 5.41) is 11.0. The summed E-state index contributed by atoms with van der Waals surface area (Å²) < 4.78 is 0. The molecule has 1 aliphatic rings. The monoisotopic (exact) mass is 153 g/mol. The molecule has 1 heterocycles. The highest BCUT2D eigenvalue weighted by atomic mass is 16.2. The van der Waals surface area contributed by atoms with Gasteiger partial charge in [-0.05, 0) is 0 Å². The van der Waals surface area contributed by atoms with Gasteiger partial charge in [-0.2, -0.15) is 5.26 Å². The molecule has 1 N–H and O–H groups in total. The fraction of sp³-hybridized carbons (Fsp3) is 0.714. The SMILES string of the molecule is N#CCCN1CCNC(=O)C1. The molecule has 1 rings (SSSR count). The smallest absolute Gasteiger partial charge is 0.234 e. The number of nitriles is 1. The van der Waals surface area contributed by atoms with Crippen LogP contribution in [-0.4, -0.2) is 37.0 Å². The molecule has 0 spiro atoms. The Morgan fingerprint density at radius 1 is 1.73 bits per heavy atom. The van der Waals surface area contributed by atoms with Crippen molar-refractivity contribution in [2.24, 2.45) is 0 Å². The first-order valence-corrected chi connectivity index (χ1v) is 3.69. The molecule has 0 saturated carbocycles. The van der Waals surface area contributed by atoms with Gasteiger partial charge in [-0.25, -0.2) is 0 Å². The molecule has 0 aromatic carbocycles. The van der Waals surface area contributed by atoms with Crippen LogP contribution in [0.3, 0.4) is 0 Å². The number of nitrogens with one attached hydrogen (secondary N) is 1. The first-order chi connectivity index (χ1) is 5.33. The zero-order valence-corrected chi connectivity index (χ0v) is 6.34. The number of hydrogen-bond acceptors (Lipinski definition) is 3. The number of nitrogens with zero attached hydrogens (tertiary/aromatic N) is 2. The van der Waals surface area contributed by atoms with Crippen LogP contribution in [0, 0.1) is 11.3 Å². The molecule has 1 fully saturated rings. The average Bonchev–Trinajstić information content (AvgIpc) is 2.01. The Morgan fingerprint density at radius 3 is 3.18 bits per heavy atom. The van der Waals surface area contributed by atoms with E-state index in [-0.39, 0.29) is 5.91 Å². The van der Waals surface area contributed by atoms with Crippen molar-refractivity contribution in [1.29, 1.82) is 5.26 Å². The summed E-state index contributed by atoms with van der Waals surface area (Å²) in [6.45, 7) is 2.74. The van der Waals surface area contributed by atoms with E-state index in [2.05, 4.69) is 11.4 Å². The molecule has 60 valence electrons. The summed E-state index contributed by atoms with van der Waals surface area (Å²) >= 11 is 0. The largest absolute Gasteiger partial charge is 0.354 e. The quantitative estimate of drug-likeness (QED) is 0.572. The number of hydrogen-bond donors (Lipinski definition) is 1. The van der Waals surface area contributed by atoms with Gasteiger partial charge < -0.3 is 5.32 Å². The molecule has 4 heteroatoms. The predicted octanol–water partition coefficient (Wildman–Crippen LogP) is -0.668. The fourth-order valence-electron chi connectivity index (χ4n) is 1.09. The van der Waals surface area contributed by atoms with Gasteiger partial charge in [0.15, 0.2) is 0 Å². The lowest BCUT2D eigenvalue weighted by molar-refractivity contribution is -0.124. The maximum Gasteiger partial charge on any atom is 0.234 e. The first kappa shape index (κ1) is 8.02. The molecule has 11 heavy (non-hydrogen) atoms. The van der Waals surface area contributed by atoms with Crippen LogP contribution in [0.2, 0.25) is 0 Å². The van der Waals surface area contributed by atoms with E-state index in [1.807, 2.05) is 4.90 Å². The third-order valence-corrected chi connectivity index (χ3v) is 1.66. The summed E-state index contributed by atoms with van der Waals surface area (Å²) in [7, 11) is 0. The lowest BCUT2D eigenvalue weighted by atomic mass is 10.3. The van der Waals surface area contributed by atoms with E-state index in [0.717, 1.165) is 6.54 Å². The third-order valence-electron chi connectivity index (χ3n) is 1.66. The predicted molar refractivity (Wildman–Crippen MR) is 39.7 cm³/mol. The lowest BCUT2D eigenvalue weighted by Crippen LogP contribution is -2.47. The van der Waals surface area contributed by atoms with Crippen LogP contribution in [0.25, 0.3) is 0 Å². The summed E-state index contributed by atoms with van der Waals surface area (Å²) in [4.78, 5) is 12.8. The molecular weight excluding hydrogens is 142 g/mol. The Labute approximate surface area is 65.8 Å². The number of piperazine rings is 1. The van der Waals surface area contributed by atoms with Gasteiger partial charge in [0, 0.05) is 26.1 Å². The Morgan fingerprint density at radius 2 is 2.55 bits per heavy atom. The molecule has 0 unspecified atom stereocenters. The second kappa shape index (κ2) is 3.94. The maximum atomic E-state index is 10.8. The van der Waals surface area contributed by atoms with Crippen molar-refractivity contribution in [3.63, 3.8) is 0 Å². The van der Waals surface area contributed by atoms with E-state index in [9.17, 15) is 4.79 Å². The molecule has 1 amide bonds. The van der Waals surface area contributed by atoms with Crippen LogP contribution in [0.1, 0.15) is 6.42 Å². The molecule has 1 aliphatic heterocycles. The van der Waals surface area contributed by atoms with Crippen molar-refractivity contribution in [3.8, 4) is 6.07 Å². The van der Waals surface area contributed by atoms with E-state index < -0.39 is 0 Å². The first-order valence-electron chi connectivity index (χ1n) is 3.69. The molecule has 0 atom stereocenters. The van der Waals surface area contributed by atoms with Crippen LogP contribution in [0.15, 0.2) is 0 Å². The highest BCUT2D eigenvalue weighted by Crippen LogP contribution is 1.93. The molecule has 0 radical (unpaired) electrons. The minimum absolute atomic E-state index is 0.0641. The van der Waals surface area contributed by atoms with Gasteiger partial charge in [0.05, 0.1) is 12.6 Å². The van der Waals surface area contributed by atoms with E-state index in [4.69, 9.17) is 5.26 Å². The van der Waals surface area contributed by atoms with Gasteiger partial charge >= 0.3 is 0 Å². The molecule has 4 nitrogen and oxygen atoms in total. The van der Waals surface area contributed by atoms with Crippen LogP contribution >= 0.6 is 0 Å². The van der Waals surface area contributed by atoms with Crippen LogP contribution in [-0.2, 0) is 4.79 Å². The highest BCUT2D eigenvalue weighted by Gasteiger charge is 2.14. The summed E-state index contributed by atoms with van der Waals surface area (Å²) in [5.74, 6) is 0.0641. The van der Waals surface area contributed by atoms with Crippen LogP contribution < -0.4 is 5.32 Å². The number of rotatable bonds is 2. The second-order valence-electron chi connectivity index (χ2n) is 2.53. The Balaban J connectivity index is 2.24. The minimum Gasteiger partial charge on any atom is -0.354 e. The second-order valence-corrected chi connectivity index (χ2v) is 2.53. The standard InChI is InChI=1S/C7H11N3O/c8-2-1-4-10-5-3-9-7(11)6-10/h1,3-6H2,(H,9,11).